The van der Waals surface area contributed by atoms with E-state index in [4.69, 9.17) is 23.1 Å². The maximum Gasteiger partial charge on any atom is 0.320 e. The number of benzene rings is 1. The Morgan fingerprint density at radius 3 is 2.63 bits per heavy atom. The van der Waals surface area contributed by atoms with E-state index in [1.54, 1.807) is 0 Å². The van der Waals surface area contributed by atoms with Gasteiger partial charge in [-0.05, 0) is 53.1 Å². The molecule has 0 radical (unpaired) electrons. The molecule has 1 rings (SSSR count). The fraction of sp³-hybridized carbons (Fsp3) is 0.385. The largest absolute Gasteiger partial charge is 0.480 e. The number of carboxylic acid groups (broad SMARTS) is 1. The fourth-order valence-corrected chi connectivity index (χ4v) is 2.15. The summed E-state index contributed by atoms with van der Waals surface area (Å²) < 4.78 is 1.20. The molecule has 6 heteroatoms. The molecular weight excluding hydrogens is 375 g/mol. The van der Waals surface area contributed by atoms with Crippen molar-refractivity contribution in [2.75, 3.05) is 6.54 Å². The first-order valence-electron chi connectivity index (χ1n) is 5.98. The van der Waals surface area contributed by atoms with Gasteiger partial charge in [-0.15, -0.1) is 0 Å². The van der Waals surface area contributed by atoms with Crippen molar-refractivity contribution in [3.8, 4) is 0 Å². The van der Waals surface area contributed by atoms with Crippen molar-refractivity contribution >= 4 is 45.8 Å². The van der Waals surface area contributed by atoms with Crippen LogP contribution in [0.2, 0.25) is 0 Å². The number of halogens is 1. The third kappa shape index (κ3) is 6.84. The molecule has 0 aliphatic rings. The van der Waals surface area contributed by atoms with Gasteiger partial charge >= 0.3 is 5.97 Å². The van der Waals surface area contributed by atoms with Crippen LogP contribution in [0.15, 0.2) is 24.3 Å². The Balaban J connectivity index is 2.21. The van der Waals surface area contributed by atoms with Gasteiger partial charge in [0, 0.05) is 16.5 Å². The zero-order valence-electron chi connectivity index (χ0n) is 10.4. The summed E-state index contributed by atoms with van der Waals surface area (Å²) in [5.74, 6) is -0.957. The molecule has 1 atom stereocenters. The van der Waals surface area contributed by atoms with E-state index in [1.165, 1.54) is 9.13 Å². The quantitative estimate of drug-likeness (QED) is 0.376. The summed E-state index contributed by atoms with van der Waals surface area (Å²) in [5, 5.41) is 11.8. The van der Waals surface area contributed by atoms with Crippen LogP contribution in [0.25, 0.3) is 0 Å². The molecule has 0 spiro atoms. The zero-order valence-corrected chi connectivity index (χ0v) is 13.4. The minimum absolute atomic E-state index is 0.453. The molecule has 0 unspecified atom stereocenters. The molecule has 4 N–H and O–H groups in total. The van der Waals surface area contributed by atoms with Gasteiger partial charge in [0.2, 0.25) is 0 Å². The van der Waals surface area contributed by atoms with E-state index in [1.807, 2.05) is 12.1 Å². The third-order valence-electron chi connectivity index (χ3n) is 2.61. The summed E-state index contributed by atoms with van der Waals surface area (Å²) >= 11 is 7.50. The van der Waals surface area contributed by atoms with Crippen molar-refractivity contribution in [2.24, 2.45) is 5.73 Å². The van der Waals surface area contributed by atoms with Crippen LogP contribution in [0.5, 0.6) is 0 Å². The molecule has 0 saturated carbocycles. The van der Waals surface area contributed by atoms with E-state index >= 15 is 0 Å². The molecule has 0 aromatic heterocycles. The summed E-state index contributed by atoms with van der Waals surface area (Å²) in [6, 6.07) is 7.41. The van der Waals surface area contributed by atoms with Gasteiger partial charge in [-0.25, -0.2) is 0 Å². The van der Waals surface area contributed by atoms with Gasteiger partial charge < -0.3 is 16.2 Å². The Morgan fingerprint density at radius 1 is 1.42 bits per heavy atom. The summed E-state index contributed by atoms with van der Waals surface area (Å²) in [4.78, 5) is 11.3. The number of hydrogen-bond donors (Lipinski definition) is 3. The number of carboxylic acids is 1. The number of aliphatic carboxylic acids is 1. The highest BCUT2D eigenvalue weighted by molar-refractivity contribution is 14.1. The monoisotopic (exact) mass is 392 g/mol. The summed E-state index contributed by atoms with van der Waals surface area (Å²) in [5.41, 5.74) is 6.58. The number of nitrogens with one attached hydrogen (secondary N) is 1. The van der Waals surface area contributed by atoms with Crippen molar-refractivity contribution in [3.63, 3.8) is 0 Å². The highest BCUT2D eigenvalue weighted by Crippen LogP contribution is 2.07. The van der Waals surface area contributed by atoms with Crippen LogP contribution in [-0.2, 0) is 11.2 Å². The molecule has 0 amide bonds. The van der Waals surface area contributed by atoms with Crippen molar-refractivity contribution < 1.29 is 9.90 Å². The molecular formula is C13H17IN2O2S. The fourth-order valence-electron chi connectivity index (χ4n) is 1.52. The van der Waals surface area contributed by atoms with Gasteiger partial charge in [0.25, 0.3) is 0 Å². The van der Waals surface area contributed by atoms with Crippen LogP contribution in [0.4, 0.5) is 0 Å². The van der Waals surface area contributed by atoms with Gasteiger partial charge in [0.1, 0.15) is 6.04 Å². The normalized spacial score (nSPS) is 11.9. The second kappa shape index (κ2) is 8.44. The van der Waals surface area contributed by atoms with E-state index in [0.717, 1.165) is 4.99 Å². The number of nitrogens with two attached hydrogens (primary N) is 1. The van der Waals surface area contributed by atoms with Crippen molar-refractivity contribution in [1.29, 1.82) is 0 Å². The van der Waals surface area contributed by atoms with E-state index in [0.29, 0.717) is 25.8 Å². The standard InChI is InChI=1S/C13H17IN2O2S/c14-10-5-3-9(4-6-10)8-12(19)16-7-1-2-11(15)13(17)18/h3-6,11H,1-2,7-8,15H2,(H,16,19)(H,17,18)/t11-/m0/s1. The minimum atomic E-state index is -0.957. The predicted molar refractivity (Wildman–Crippen MR) is 88.3 cm³/mol. The number of thiocarbonyl (C=S) groups is 1. The maximum atomic E-state index is 10.5. The first-order valence-corrected chi connectivity index (χ1v) is 7.47. The summed E-state index contributed by atoms with van der Waals surface area (Å²) in [6.07, 6.45) is 1.85. The molecule has 0 aliphatic heterocycles. The Hall–Kier alpha value is -0.730. The van der Waals surface area contributed by atoms with Crippen LogP contribution < -0.4 is 11.1 Å². The Morgan fingerprint density at radius 2 is 2.05 bits per heavy atom. The first kappa shape index (κ1) is 16.3. The lowest BCUT2D eigenvalue weighted by Gasteiger charge is -2.09. The average Bonchev–Trinajstić information content (AvgIpc) is 2.37. The lowest BCUT2D eigenvalue weighted by molar-refractivity contribution is -0.138. The SMILES string of the molecule is N[C@@H](CCCNC(=S)Cc1ccc(I)cc1)C(=O)O. The van der Waals surface area contributed by atoms with Crippen LogP contribution in [-0.4, -0.2) is 28.7 Å². The third-order valence-corrected chi connectivity index (χ3v) is 3.62. The molecule has 19 heavy (non-hydrogen) atoms. The Bertz CT molecular complexity index is 437. The Labute approximate surface area is 131 Å². The molecule has 0 fully saturated rings. The second-order valence-electron chi connectivity index (χ2n) is 4.24. The van der Waals surface area contributed by atoms with Gasteiger partial charge in [-0.2, -0.15) is 0 Å². The number of hydrogen-bond acceptors (Lipinski definition) is 3. The summed E-state index contributed by atoms with van der Waals surface area (Å²) in [7, 11) is 0. The molecule has 1 aromatic rings. The van der Waals surface area contributed by atoms with Crippen molar-refractivity contribution in [1.82, 2.24) is 5.32 Å². The minimum Gasteiger partial charge on any atom is -0.480 e. The summed E-state index contributed by atoms with van der Waals surface area (Å²) in [6.45, 7) is 0.657. The molecule has 104 valence electrons. The molecule has 1 aromatic carbocycles. The highest BCUT2D eigenvalue weighted by atomic mass is 127. The first-order chi connectivity index (χ1) is 8.99. The molecule has 0 heterocycles. The predicted octanol–water partition coefficient (Wildman–Crippen LogP) is 1.94. The topological polar surface area (TPSA) is 75.3 Å². The van der Waals surface area contributed by atoms with Gasteiger partial charge in [0.15, 0.2) is 0 Å². The maximum absolute atomic E-state index is 10.5. The highest BCUT2D eigenvalue weighted by Gasteiger charge is 2.10. The van der Waals surface area contributed by atoms with Crippen LogP contribution in [0.1, 0.15) is 18.4 Å². The average molecular weight is 392 g/mol. The molecule has 0 saturated heterocycles. The smallest absolute Gasteiger partial charge is 0.320 e. The van der Waals surface area contributed by atoms with Crippen LogP contribution in [0, 0.1) is 3.57 Å². The van der Waals surface area contributed by atoms with Crippen molar-refractivity contribution in [3.05, 3.63) is 33.4 Å². The van der Waals surface area contributed by atoms with Gasteiger partial charge in [-0.3, -0.25) is 4.79 Å². The molecule has 0 aliphatic carbocycles. The number of carbonyl (C=O) groups is 1. The van der Waals surface area contributed by atoms with E-state index in [-0.39, 0.29) is 0 Å². The van der Waals surface area contributed by atoms with Gasteiger partial charge in [-0.1, -0.05) is 24.4 Å². The van der Waals surface area contributed by atoms with E-state index in [2.05, 4.69) is 40.0 Å². The zero-order chi connectivity index (χ0) is 14.3. The number of rotatable bonds is 7. The lowest BCUT2D eigenvalue weighted by Crippen LogP contribution is -2.32. The Kier molecular flexibility index (Phi) is 7.25. The van der Waals surface area contributed by atoms with Crippen LogP contribution >= 0.6 is 34.8 Å². The van der Waals surface area contributed by atoms with E-state index in [9.17, 15) is 4.79 Å². The van der Waals surface area contributed by atoms with E-state index < -0.39 is 12.0 Å². The molecule has 4 nitrogen and oxygen atoms in total. The molecule has 0 bridgehead atoms. The van der Waals surface area contributed by atoms with Gasteiger partial charge in [0.05, 0.1) is 4.99 Å². The van der Waals surface area contributed by atoms with Crippen molar-refractivity contribution in [2.45, 2.75) is 25.3 Å². The second-order valence-corrected chi connectivity index (χ2v) is 5.98. The van der Waals surface area contributed by atoms with Crippen LogP contribution in [0.3, 0.4) is 0 Å². The lowest BCUT2D eigenvalue weighted by atomic mass is 10.1.